The maximum Gasteiger partial charge on any atom is 0.146 e. The summed E-state index contributed by atoms with van der Waals surface area (Å²) in [6.45, 7) is 6.26. The molecule has 0 bridgehead atoms. The third-order valence-electron chi connectivity index (χ3n) is 2.78. The van der Waals surface area contributed by atoms with Crippen molar-refractivity contribution in [1.29, 1.82) is 0 Å². The number of ether oxygens (including phenoxy) is 1. The van der Waals surface area contributed by atoms with Gasteiger partial charge in [-0.2, -0.15) is 0 Å². The molecule has 1 aromatic carbocycles. The van der Waals surface area contributed by atoms with Crippen molar-refractivity contribution < 1.29 is 9.15 Å². The Morgan fingerprint density at radius 3 is 2.74 bits per heavy atom. The van der Waals surface area contributed by atoms with Gasteiger partial charge in [0.1, 0.15) is 23.9 Å². The van der Waals surface area contributed by atoms with E-state index in [2.05, 4.69) is 28.2 Å². The molecule has 0 spiro atoms. The number of aryl methyl sites for hydroxylation is 1. The van der Waals surface area contributed by atoms with Gasteiger partial charge >= 0.3 is 0 Å². The van der Waals surface area contributed by atoms with Crippen molar-refractivity contribution in [1.82, 2.24) is 5.32 Å². The molecule has 0 atom stereocenters. The normalized spacial score (nSPS) is 10.7. The van der Waals surface area contributed by atoms with Crippen LogP contribution in [0.1, 0.15) is 24.0 Å². The van der Waals surface area contributed by atoms with E-state index in [-0.39, 0.29) is 0 Å². The quantitative estimate of drug-likeness (QED) is 0.871. The SMILES string of the molecule is CCNCc1ccc(COc2ccc(Br)c(C)c2)o1. The number of rotatable bonds is 6. The molecule has 2 rings (SSSR count). The number of benzene rings is 1. The lowest BCUT2D eigenvalue weighted by atomic mass is 10.2. The number of furan rings is 1. The minimum Gasteiger partial charge on any atom is -0.486 e. The minimum absolute atomic E-state index is 0.452. The predicted molar refractivity (Wildman–Crippen MR) is 79.3 cm³/mol. The van der Waals surface area contributed by atoms with E-state index in [9.17, 15) is 0 Å². The summed E-state index contributed by atoms with van der Waals surface area (Å²) in [5.74, 6) is 2.63. The van der Waals surface area contributed by atoms with Crippen LogP contribution < -0.4 is 10.1 Å². The van der Waals surface area contributed by atoms with Crippen LogP contribution in [0.15, 0.2) is 39.2 Å². The molecule has 0 aliphatic carbocycles. The van der Waals surface area contributed by atoms with Gasteiger partial charge in [0.2, 0.25) is 0 Å². The van der Waals surface area contributed by atoms with E-state index in [0.29, 0.717) is 6.61 Å². The van der Waals surface area contributed by atoms with Gasteiger partial charge in [0.15, 0.2) is 0 Å². The van der Waals surface area contributed by atoms with Gasteiger partial charge in [-0.3, -0.25) is 0 Å². The molecule has 19 heavy (non-hydrogen) atoms. The summed E-state index contributed by atoms with van der Waals surface area (Å²) in [6, 6.07) is 9.88. The van der Waals surface area contributed by atoms with E-state index < -0.39 is 0 Å². The van der Waals surface area contributed by atoms with Gasteiger partial charge in [-0.05, 0) is 49.4 Å². The van der Waals surface area contributed by atoms with Crippen molar-refractivity contribution in [2.75, 3.05) is 6.54 Å². The first-order valence-electron chi connectivity index (χ1n) is 6.36. The van der Waals surface area contributed by atoms with Crippen molar-refractivity contribution in [2.45, 2.75) is 27.0 Å². The second-order valence-electron chi connectivity index (χ2n) is 4.35. The fourth-order valence-corrected chi connectivity index (χ4v) is 1.95. The summed E-state index contributed by atoms with van der Waals surface area (Å²) in [4.78, 5) is 0. The predicted octanol–water partition coefficient (Wildman–Crippen LogP) is 4.04. The molecule has 0 amide bonds. The molecule has 2 aromatic rings. The Labute approximate surface area is 122 Å². The molecule has 1 aromatic heterocycles. The maximum absolute atomic E-state index is 5.71. The van der Waals surface area contributed by atoms with Gasteiger partial charge in [0.05, 0.1) is 6.54 Å². The molecule has 102 valence electrons. The van der Waals surface area contributed by atoms with Crippen molar-refractivity contribution in [3.05, 3.63) is 51.9 Å². The van der Waals surface area contributed by atoms with Crippen LogP contribution in [-0.2, 0) is 13.2 Å². The Morgan fingerprint density at radius 2 is 2.00 bits per heavy atom. The average molecular weight is 324 g/mol. The average Bonchev–Trinajstić information content (AvgIpc) is 2.86. The first kappa shape index (κ1) is 14.2. The molecular weight excluding hydrogens is 306 g/mol. The van der Waals surface area contributed by atoms with Crippen molar-refractivity contribution in [3.8, 4) is 5.75 Å². The van der Waals surface area contributed by atoms with Gasteiger partial charge in [-0.25, -0.2) is 0 Å². The lowest BCUT2D eigenvalue weighted by Gasteiger charge is -2.06. The first-order chi connectivity index (χ1) is 9.19. The lowest BCUT2D eigenvalue weighted by molar-refractivity contribution is 0.265. The van der Waals surface area contributed by atoms with Crippen molar-refractivity contribution >= 4 is 15.9 Å². The summed E-state index contributed by atoms with van der Waals surface area (Å²) < 4.78 is 12.5. The summed E-state index contributed by atoms with van der Waals surface area (Å²) in [5.41, 5.74) is 1.16. The number of nitrogens with one attached hydrogen (secondary N) is 1. The molecule has 0 radical (unpaired) electrons. The highest BCUT2D eigenvalue weighted by Gasteiger charge is 2.03. The molecular formula is C15H18BrNO2. The van der Waals surface area contributed by atoms with Gasteiger partial charge in [-0.15, -0.1) is 0 Å². The van der Waals surface area contributed by atoms with E-state index in [4.69, 9.17) is 9.15 Å². The molecule has 0 saturated carbocycles. The number of hydrogen-bond donors (Lipinski definition) is 1. The monoisotopic (exact) mass is 323 g/mol. The van der Waals surface area contributed by atoms with E-state index in [1.165, 1.54) is 0 Å². The maximum atomic E-state index is 5.71. The molecule has 1 heterocycles. The second kappa shape index (κ2) is 6.78. The van der Waals surface area contributed by atoms with E-state index in [0.717, 1.165) is 40.4 Å². The fourth-order valence-electron chi connectivity index (χ4n) is 1.70. The molecule has 0 aliphatic rings. The molecule has 0 aliphatic heterocycles. The van der Waals surface area contributed by atoms with Gasteiger partial charge < -0.3 is 14.5 Å². The summed E-state index contributed by atoms with van der Waals surface area (Å²) in [6.07, 6.45) is 0. The first-order valence-corrected chi connectivity index (χ1v) is 7.15. The Morgan fingerprint density at radius 1 is 1.21 bits per heavy atom. The van der Waals surface area contributed by atoms with Gasteiger partial charge in [0.25, 0.3) is 0 Å². The molecule has 4 heteroatoms. The van der Waals surface area contributed by atoms with Crippen LogP contribution in [0.25, 0.3) is 0 Å². The third-order valence-corrected chi connectivity index (χ3v) is 3.67. The van der Waals surface area contributed by atoms with E-state index in [1.807, 2.05) is 37.3 Å². The van der Waals surface area contributed by atoms with Crippen molar-refractivity contribution in [3.63, 3.8) is 0 Å². The van der Waals surface area contributed by atoms with Crippen LogP contribution in [0.5, 0.6) is 5.75 Å². The zero-order valence-electron chi connectivity index (χ0n) is 11.2. The zero-order valence-corrected chi connectivity index (χ0v) is 12.8. The Balaban J connectivity index is 1.91. The molecule has 1 N–H and O–H groups in total. The molecule has 3 nitrogen and oxygen atoms in total. The Kier molecular flexibility index (Phi) is 5.05. The minimum atomic E-state index is 0.452. The second-order valence-corrected chi connectivity index (χ2v) is 5.20. The molecule has 0 fully saturated rings. The van der Waals surface area contributed by atoms with Crippen LogP contribution in [0.3, 0.4) is 0 Å². The number of halogens is 1. The lowest BCUT2D eigenvalue weighted by Crippen LogP contribution is -2.10. The standard InChI is InChI=1S/C15H18BrNO2/c1-3-17-9-13-4-5-14(19-13)10-18-12-6-7-15(16)11(2)8-12/h4-8,17H,3,9-10H2,1-2H3. The van der Waals surface area contributed by atoms with Gasteiger partial charge in [0, 0.05) is 4.47 Å². The highest BCUT2D eigenvalue weighted by Crippen LogP contribution is 2.22. The largest absolute Gasteiger partial charge is 0.486 e. The Bertz CT molecular complexity index is 537. The molecule has 0 unspecified atom stereocenters. The summed E-state index contributed by atoms with van der Waals surface area (Å²) in [7, 11) is 0. The van der Waals surface area contributed by atoms with Crippen LogP contribution in [0.4, 0.5) is 0 Å². The Hall–Kier alpha value is -1.26. The van der Waals surface area contributed by atoms with Crippen LogP contribution in [0.2, 0.25) is 0 Å². The highest BCUT2D eigenvalue weighted by atomic mass is 79.9. The van der Waals surface area contributed by atoms with Gasteiger partial charge in [-0.1, -0.05) is 22.9 Å². The van der Waals surface area contributed by atoms with Crippen LogP contribution in [0, 0.1) is 6.92 Å². The fraction of sp³-hybridized carbons (Fsp3) is 0.333. The van der Waals surface area contributed by atoms with E-state index >= 15 is 0 Å². The van der Waals surface area contributed by atoms with Crippen molar-refractivity contribution in [2.24, 2.45) is 0 Å². The summed E-state index contributed by atoms with van der Waals surface area (Å²) in [5, 5.41) is 3.23. The van der Waals surface area contributed by atoms with Crippen LogP contribution >= 0.6 is 15.9 Å². The van der Waals surface area contributed by atoms with Crippen LogP contribution in [-0.4, -0.2) is 6.54 Å². The smallest absolute Gasteiger partial charge is 0.146 e. The topological polar surface area (TPSA) is 34.4 Å². The zero-order chi connectivity index (χ0) is 13.7. The molecule has 0 saturated heterocycles. The highest BCUT2D eigenvalue weighted by molar-refractivity contribution is 9.10. The number of hydrogen-bond acceptors (Lipinski definition) is 3. The summed E-state index contributed by atoms with van der Waals surface area (Å²) >= 11 is 3.47. The van der Waals surface area contributed by atoms with E-state index in [1.54, 1.807) is 0 Å². The third kappa shape index (κ3) is 4.11.